The Morgan fingerprint density at radius 3 is 2.36 bits per heavy atom. The van der Waals surface area contributed by atoms with Gasteiger partial charge in [-0.25, -0.2) is 9.55 Å². The number of nitrogens with one attached hydrogen (secondary N) is 1. The van der Waals surface area contributed by atoms with Crippen molar-refractivity contribution in [3.05, 3.63) is 121 Å². The number of anilines is 1. The molecule has 2 aliphatic rings. The molecular formula is C35H37BrN6O3. The number of amides is 2. The summed E-state index contributed by atoms with van der Waals surface area (Å²) in [6.45, 7) is 6.42. The van der Waals surface area contributed by atoms with Crippen molar-refractivity contribution in [3.63, 3.8) is 0 Å². The number of benzene rings is 3. The summed E-state index contributed by atoms with van der Waals surface area (Å²) in [4.78, 5) is 52.1. The van der Waals surface area contributed by atoms with Crippen LogP contribution in [0.25, 0.3) is 5.69 Å². The van der Waals surface area contributed by atoms with E-state index < -0.39 is 0 Å². The first-order valence-corrected chi connectivity index (χ1v) is 16.0. The lowest BCUT2D eigenvalue weighted by Crippen LogP contribution is -2.59. The monoisotopic (exact) mass is 668 g/mol. The minimum absolute atomic E-state index is 0.0807. The molecule has 1 fully saturated rings. The number of aryl methyl sites for hydroxylation is 1. The molecule has 1 aromatic heterocycles. The van der Waals surface area contributed by atoms with Gasteiger partial charge >= 0.3 is 0 Å². The van der Waals surface area contributed by atoms with Gasteiger partial charge in [0.15, 0.2) is 0 Å². The van der Waals surface area contributed by atoms with Crippen LogP contribution in [0.1, 0.15) is 50.0 Å². The Morgan fingerprint density at radius 2 is 1.71 bits per heavy atom. The average molecular weight is 670 g/mol. The lowest BCUT2D eigenvalue weighted by molar-refractivity contribution is 0.0652. The third kappa shape index (κ3) is 6.04. The third-order valence-corrected chi connectivity index (χ3v) is 9.70. The molecular weight excluding hydrogens is 632 g/mol. The summed E-state index contributed by atoms with van der Waals surface area (Å²) < 4.78 is 2.64. The van der Waals surface area contributed by atoms with Gasteiger partial charge in [0.1, 0.15) is 0 Å². The molecule has 0 spiro atoms. The molecule has 9 nitrogen and oxygen atoms in total. The van der Waals surface area contributed by atoms with Gasteiger partial charge in [-0.2, -0.15) is 0 Å². The highest BCUT2D eigenvalue weighted by Crippen LogP contribution is 2.30. The van der Waals surface area contributed by atoms with Crippen LogP contribution in [-0.4, -0.2) is 70.4 Å². The smallest absolute Gasteiger partial charge is 0.263 e. The van der Waals surface area contributed by atoms with Gasteiger partial charge in [0.2, 0.25) is 5.95 Å². The van der Waals surface area contributed by atoms with Crippen LogP contribution in [-0.2, 0) is 19.5 Å². The van der Waals surface area contributed by atoms with E-state index in [9.17, 15) is 14.4 Å². The van der Waals surface area contributed by atoms with E-state index in [0.29, 0.717) is 47.0 Å². The van der Waals surface area contributed by atoms with E-state index in [1.54, 1.807) is 35.9 Å². The van der Waals surface area contributed by atoms with Crippen LogP contribution in [0.15, 0.2) is 82.1 Å². The summed E-state index contributed by atoms with van der Waals surface area (Å²) in [7, 11) is 3.67. The normalized spacial score (nSPS) is 16.6. The molecule has 3 aromatic carbocycles. The summed E-state index contributed by atoms with van der Waals surface area (Å²) in [6.07, 6.45) is 0.393. The number of carbonyl (C=O) groups is 2. The SMILES string of the molecule is CNC(=O)c1ccc(-n2c(N(Cc3ccccc3)C3CN(C)C3)nc3c(c2=O)C[C@@H](C)N(C(=O)c2ccc(Br)c(C)c2)C3)cc1. The first-order chi connectivity index (χ1) is 21.6. The fraction of sp³-hybridized carbons (Fsp3) is 0.314. The summed E-state index contributed by atoms with van der Waals surface area (Å²) in [5.74, 6) is 0.262. The molecule has 1 atom stereocenters. The molecule has 0 saturated carbocycles. The van der Waals surface area contributed by atoms with Crippen LogP contribution >= 0.6 is 15.9 Å². The molecule has 45 heavy (non-hydrogen) atoms. The topological polar surface area (TPSA) is 90.8 Å². The van der Waals surface area contributed by atoms with Crippen LogP contribution in [0, 0.1) is 6.92 Å². The lowest BCUT2D eigenvalue weighted by atomic mass is 9.98. The first kappa shape index (κ1) is 30.7. The van der Waals surface area contributed by atoms with Gasteiger partial charge in [0.25, 0.3) is 17.4 Å². The second-order valence-corrected chi connectivity index (χ2v) is 12.9. The van der Waals surface area contributed by atoms with Crippen LogP contribution in [0.5, 0.6) is 0 Å². The number of aromatic nitrogens is 2. The molecule has 3 heterocycles. The zero-order valence-corrected chi connectivity index (χ0v) is 27.5. The molecule has 0 unspecified atom stereocenters. The van der Waals surface area contributed by atoms with Gasteiger partial charge in [0.05, 0.1) is 24.0 Å². The number of hydrogen-bond donors (Lipinski definition) is 1. The molecule has 6 rings (SSSR count). The molecule has 2 aliphatic heterocycles. The maximum atomic E-state index is 14.5. The van der Waals surface area contributed by atoms with Crippen LogP contribution in [0.2, 0.25) is 0 Å². The number of halogens is 1. The highest BCUT2D eigenvalue weighted by Gasteiger charge is 2.36. The zero-order valence-electron chi connectivity index (χ0n) is 26.0. The van der Waals surface area contributed by atoms with E-state index in [1.165, 1.54) is 0 Å². The summed E-state index contributed by atoms with van der Waals surface area (Å²) >= 11 is 3.53. The Bertz CT molecular complexity index is 1800. The zero-order chi connectivity index (χ0) is 31.8. The molecule has 232 valence electrons. The average Bonchev–Trinajstić information content (AvgIpc) is 3.03. The van der Waals surface area contributed by atoms with Crippen molar-refractivity contribution in [2.45, 2.75) is 45.4 Å². The first-order valence-electron chi connectivity index (χ1n) is 15.2. The number of nitrogens with zero attached hydrogens (tertiary/aromatic N) is 5. The van der Waals surface area contributed by atoms with E-state index in [-0.39, 0.29) is 36.0 Å². The molecule has 2 amide bonds. The molecule has 1 N–H and O–H groups in total. The van der Waals surface area contributed by atoms with E-state index in [0.717, 1.165) is 28.7 Å². The second kappa shape index (κ2) is 12.6. The Morgan fingerprint density at radius 1 is 1.02 bits per heavy atom. The maximum Gasteiger partial charge on any atom is 0.263 e. The van der Waals surface area contributed by atoms with Crippen LogP contribution in [0.4, 0.5) is 5.95 Å². The number of hydrogen-bond acceptors (Lipinski definition) is 6. The van der Waals surface area contributed by atoms with Crippen LogP contribution < -0.4 is 15.8 Å². The quantitative estimate of drug-likeness (QED) is 0.310. The molecule has 0 bridgehead atoms. The lowest BCUT2D eigenvalue weighted by Gasteiger charge is -2.45. The van der Waals surface area contributed by atoms with E-state index in [4.69, 9.17) is 4.98 Å². The predicted octanol–water partition coefficient (Wildman–Crippen LogP) is 4.57. The van der Waals surface area contributed by atoms with E-state index in [1.807, 2.05) is 55.1 Å². The Balaban J connectivity index is 1.48. The predicted molar refractivity (Wildman–Crippen MR) is 179 cm³/mol. The Kier molecular flexibility index (Phi) is 8.61. The third-order valence-electron chi connectivity index (χ3n) is 8.82. The van der Waals surface area contributed by atoms with Gasteiger partial charge in [-0.3, -0.25) is 14.4 Å². The largest absolute Gasteiger partial charge is 0.355 e. The van der Waals surface area contributed by atoms with Gasteiger partial charge < -0.3 is 20.0 Å². The van der Waals surface area contributed by atoms with Crippen molar-refractivity contribution in [2.75, 3.05) is 32.1 Å². The van der Waals surface area contributed by atoms with Crippen molar-refractivity contribution < 1.29 is 9.59 Å². The van der Waals surface area contributed by atoms with Crippen molar-refractivity contribution in [2.24, 2.45) is 0 Å². The van der Waals surface area contributed by atoms with E-state index >= 15 is 0 Å². The van der Waals surface area contributed by atoms with Gasteiger partial charge in [-0.15, -0.1) is 0 Å². The minimum atomic E-state index is -0.195. The number of rotatable bonds is 7. The van der Waals surface area contributed by atoms with Crippen molar-refractivity contribution >= 4 is 33.7 Å². The van der Waals surface area contributed by atoms with E-state index in [2.05, 4.69) is 50.2 Å². The fourth-order valence-electron chi connectivity index (χ4n) is 6.20. The van der Waals surface area contributed by atoms with Crippen molar-refractivity contribution in [3.8, 4) is 5.69 Å². The number of carbonyl (C=O) groups excluding carboxylic acids is 2. The standard InChI is InChI=1S/C35H37BrN6O3/c1-22-16-26(12-15-30(22)36)33(44)40-21-31-29(17-23(40)2)34(45)42(27-13-10-25(11-14-27)32(43)37-3)35(38-31)41(28-19-39(4)20-28)18-24-8-6-5-7-9-24/h5-16,23,28H,17-21H2,1-4H3,(H,37,43)/t23-/m1/s1. The summed E-state index contributed by atoms with van der Waals surface area (Å²) in [6, 6.07) is 22.8. The van der Waals surface area contributed by atoms with Crippen molar-refractivity contribution in [1.82, 2.24) is 24.7 Å². The highest BCUT2D eigenvalue weighted by atomic mass is 79.9. The van der Waals surface area contributed by atoms with Gasteiger partial charge in [-0.1, -0.05) is 46.3 Å². The molecule has 1 saturated heterocycles. The molecule has 10 heteroatoms. The molecule has 0 aliphatic carbocycles. The summed E-state index contributed by atoms with van der Waals surface area (Å²) in [5, 5.41) is 2.65. The number of likely N-dealkylation sites (tertiary alicyclic amines) is 1. The van der Waals surface area contributed by atoms with Gasteiger partial charge in [0, 0.05) is 53.9 Å². The maximum absolute atomic E-state index is 14.5. The van der Waals surface area contributed by atoms with Crippen LogP contribution in [0.3, 0.4) is 0 Å². The Labute approximate surface area is 271 Å². The summed E-state index contributed by atoms with van der Waals surface area (Å²) in [5.41, 5.74) is 4.94. The minimum Gasteiger partial charge on any atom is -0.355 e. The fourth-order valence-corrected chi connectivity index (χ4v) is 6.45. The van der Waals surface area contributed by atoms with Crippen molar-refractivity contribution in [1.29, 1.82) is 0 Å². The molecule has 0 radical (unpaired) electrons. The Hall–Kier alpha value is -4.28. The highest BCUT2D eigenvalue weighted by molar-refractivity contribution is 9.10. The van der Waals surface area contributed by atoms with Gasteiger partial charge in [-0.05, 0) is 80.9 Å². The number of likely N-dealkylation sites (N-methyl/N-ethyl adjacent to an activating group) is 1. The second-order valence-electron chi connectivity index (χ2n) is 12.0. The number of fused-ring (bicyclic) bond motifs is 1. The molecule has 4 aromatic rings.